The first-order valence-corrected chi connectivity index (χ1v) is 14.7. The molecule has 0 aliphatic heterocycles. The van der Waals surface area contributed by atoms with Crippen molar-refractivity contribution in [2.24, 2.45) is 0 Å². The van der Waals surface area contributed by atoms with Gasteiger partial charge in [-0.1, -0.05) is 24.3 Å². The number of nitrogens with zero attached hydrogens (tertiary/aromatic N) is 6. The fourth-order valence-electron chi connectivity index (χ4n) is 4.62. The number of aromatic nitrogens is 5. The van der Waals surface area contributed by atoms with E-state index in [0.717, 1.165) is 17.3 Å². The Bertz CT molecular complexity index is 1740. The SMILES string of the molecule is COc1ccc(CN(Cc2ccc(OC)cc2)c2nc(C)nc(-c3cc(C(Cl)C(F)(F)F)cnc3Nc3ccc(OC)nc3)n2)cc1. The summed E-state index contributed by atoms with van der Waals surface area (Å²) in [6.07, 6.45) is -2.13. The highest BCUT2D eigenvalue weighted by atomic mass is 35.5. The maximum atomic E-state index is 13.7. The maximum Gasteiger partial charge on any atom is 0.408 e. The van der Waals surface area contributed by atoms with E-state index >= 15 is 0 Å². The van der Waals surface area contributed by atoms with Crippen molar-refractivity contribution in [3.8, 4) is 28.8 Å². The average Bonchev–Trinajstić information content (AvgIpc) is 3.08. The zero-order valence-electron chi connectivity index (χ0n) is 25.9. The van der Waals surface area contributed by atoms with E-state index in [0.29, 0.717) is 47.9 Å². The highest BCUT2D eigenvalue weighted by molar-refractivity contribution is 6.21. The van der Waals surface area contributed by atoms with E-state index in [4.69, 9.17) is 30.8 Å². The van der Waals surface area contributed by atoms with Crippen molar-refractivity contribution in [3.05, 3.63) is 102 Å². The summed E-state index contributed by atoms with van der Waals surface area (Å²) in [6, 6.07) is 19.8. The van der Waals surface area contributed by atoms with Crippen molar-refractivity contribution in [2.75, 3.05) is 31.5 Å². The van der Waals surface area contributed by atoms with Crippen molar-refractivity contribution in [3.63, 3.8) is 0 Å². The Morgan fingerprint density at radius 2 is 1.40 bits per heavy atom. The monoisotopic (exact) mass is 665 g/mol. The smallest absolute Gasteiger partial charge is 0.408 e. The molecule has 1 N–H and O–H groups in total. The first-order chi connectivity index (χ1) is 22.6. The molecule has 5 rings (SSSR count). The Kier molecular flexibility index (Phi) is 10.2. The molecule has 0 amide bonds. The van der Waals surface area contributed by atoms with Crippen LogP contribution in [0.4, 0.5) is 30.6 Å². The molecule has 244 valence electrons. The Balaban J connectivity index is 1.59. The van der Waals surface area contributed by atoms with E-state index in [2.05, 4.69) is 25.3 Å². The van der Waals surface area contributed by atoms with Gasteiger partial charge in [0.15, 0.2) is 11.2 Å². The van der Waals surface area contributed by atoms with Gasteiger partial charge < -0.3 is 24.4 Å². The quantitative estimate of drug-likeness (QED) is 0.135. The molecule has 0 spiro atoms. The summed E-state index contributed by atoms with van der Waals surface area (Å²) in [5.41, 5.74) is 2.34. The van der Waals surface area contributed by atoms with E-state index in [9.17, 15) is 13.2 Å². The highest BCUT2D eigenvalue weighted by Crippen LogP contribution is 2.40. The molecule has 47 heavy (non-hydrogen) atoms. The molecule has 1 unspecified atom stereocenters. The number of methoxy groups -OCH3 is 3. The lowest BCUT2D eigenvalue weighted by molar-refractivity contribution is -0.131. The standard InChI is InChI=1S/C33H31ClF3N7O3/c1-20-40-31(27-15-23(29(34)33(35,36)37)16-39-30(27)42-24-9-14-28(47-4)38-17-24)43-32(41-20)44(18-21-5-10-25(45-2)11-6-21)19-22-7-12-26(46-3)13-8-22/h5-17,29H,18-19H2,1-4H3,(H,39,42). The third-order valence-electron chi connectivity index (χ3n) is 7.02. The molecule has 14 heteroatoms. The molecule has 0 saturated heterocycles. The van der Waals surface area contributed by atoms with Crippen LogP contribution in [0.15, 0.2) is 79.1 Å². The van der Waals surface area contributed by atoms with Crippen LogP contribution in [0.3, 0.4) is 0 Å². The summed E-state index contributed by atoms with van der Waals surface area (Å²) in [4.78, 5) is 24.4. The summed E-state index contributed by atoms with van der Waals surface area (Å²) in [6.45, 7) is 2.49. The average molecular weight is 666 g/mol. The highest BCUT2D eigenvalue weighted by Gasteiger charge is 2.40. The second-order valence-corrected chi connectivity index (χ2v) is 10.8. The fraction of sp³-hybridized carbons (Fsp3) is 0.242. The van der Waals surface area contributed by atoms with Crippen LogP contribution in [-0.4, -0.2) is 52.4 Å². The van der Waals surface area contributed by atoms with Gasteiger partial charge in [-0.3, -0.25) is 0 Å². The Labute approximate surface area is 274 Å². The van der Waals surface area contributed by atoms with Crippen LogP contribution in [0.2, 0.25) is 0 Å². The van der Waals surface area contributed by atoms with Crippen molar-refractivity contribution in [2.45, 2.75) is 31.6 Å². The van der Waals surface area contributed by atoms with E-state index < -0.39 is 11.6 Å². The number of rotatable bonds is 12. The Morgan fingerprint density at radius 1 is 0.787 bits per heavy atom. The summed E-state index contributed by atoms with van der Waals surface area (Å²) < 4.78 is 56.8. The third-order valence-corrected chi connectivity index (χ3v) is 7.52. The molecule has 1 atom stereocenters. The molecule has 0 aliphatic rings. The number of hydrogen-bond acceptors (Lipinski definition) is 10. The lowest BCUT2D eigenvalue weighted by atomic mass is 10.1. The number of benzene rings is 2. The molecule has 5 aromatic rings. The molecule has 2 aromatic carbocycles. The van der Waals surface area contributed by atoms with Gasteiger partial charge in [-0.15, -0.1) is 11.6 Å². The van der Waals surface area contributed by atoms with Gasteiger partial charge in [0, 0.05) is 25.4 Å². The lowest BCUT2D eigenvalue weighted by Gasteiger charge is -2.24. The van der Waals surface area contributed by atoms with Gasteiger partial charge in [0.1, 0.15) is 23.1 Å². The van der Waals surface area contributed by atoms with E-state index in [1.54, 1.807) is 33.3 Å². The molecule has 3 heterocycles. The lowest BCUT2D eigenvalue weighted by Crippen LogP contribution is -2.25. The number of nitrogens with one attached hydrogen (secondary N) is 1. The minimum absolute atomic E-state index is 0.103. The number of pyridine rings is 2. The Hall–Kier alpha value is -5.17. The maximum absolute atomic E-state index is 13.7. The van der Waals surface area contributed by atoms with Crippen LogP contribution in [0, 0.1) is 6.92 Å². The fourth-order valence-corrected chi connectivity index (χ4v) is 4.74. The van der Waals surface area contributed by atoms with Crippen LogP contribution in [-0.2, 0) is 13.1 Å². The second-order valence-electron chi connectivity index (χ2n) is 10.3. The van der Waals surface area contributed by atoms with E-state index in [1.807, 2.05) is 53.4 Å². The van der Waals surface area contributed by atoms with Crippen LogP contribution in [0.25, 0.3) is 11.4 Å². The van der Waals surface area contributed by atoms with Crippen molar-refractivity contribution >= 4 is 29.1 Å². The molecule has 0 aliphatic carbocycles. The molecule has 3 aromatic heterocycles. The minimum Gasteiger partial charge on any atom is -0.497 e. The van der Waals surface area contributed by atoms with Crippen LogP contribution >= 0.6 is 11.6 Å². The van der Waals surface area contributed by atoms with Gasteiger partial charge >= 0.3 is 6.18 Å². The molecule has 10 nitrogen and oxygen atoms in total. The summed E-state index contributed by atoms with van der Waals surface area (Å²) in [7, 11) is 4.68. The van der Waals surface area contributed by atoms with Crippen molar-refractivity contribution < 1.29 is 27.4 Å². The largest absolute Gasteiger partial charge is 0.497 e. The molecule has 0 fully saturated rings. The van der Waals surface area contributed by atoms with Gasteiger partial charge in [0.05, 0.1) is 38.8 Å². The number of hydrogen-bond donors (Lipinski definition) is 1. The van der Waals surface area contributed by atoms with Crippen LogP contribution < -0.4 is 24.4 Å². The molecule has 0 saturated carbocycles. The zero-order chi connectivity index (χ0) is 33.6. The minimum atomic E-state index is -4.71. The summed E-state index contributed by atoms with van der Waals surface area (Å²) in [5.74, 6) is 2.77. The molecular formula is C33H31ClF3N7O3. The number of halogens is 4. The van der Waals surface area contributed by atoms with Gasteiger partial charge in [0.2, 0.25) is 11.8 Å². The zero-order valence-corrected chi connectivity index (χ0v) is 26.7. The predicted molar refractivity (Wildman–Crippen MR) is 172 cm³/mol. The number of alkyl halides is 4. The Morgan fingerprint density at radius 3 is 1.91 bits per heavy atom. The number of anilines is 3. The molecule has 0 bridgehead atoms. The van der Waals surface area contributed by atoms with Crippen LogP contribution in [0.1, 0.15) is 27.9 Å². The van der Waals surface area contributed by atoms with Crippen molar-refractivity contribution in [1.29, 1.82) is 0 Å². The van der Waals surface area contributed by atoms with E-state index in [1.165, 1.54) is 19.4 Å². The predicted octanol–water partition coefficient (Wildman–Crippen LogP) is 7.46. The molecule has 0 radical (unpaired) electrons. The number of ether oxygens (including phenoxy) is 3. The van der Waals surface area contributed by atoms with Gasteiger partial charge in [-0.05, 0) is 60.0 Å². The summed E-state index contributed by atoms with van der Waals surface area (Å²) in [5, 5.41) is 0.809. The van der Waals surface area contributed by atoms with Gasteiger partial charge in [-0.25, -0.2) is 15.0 Å². The van der Waals surface area contributed by atoms with Crippen molar-refractivity contribution in [1.82, 2.24) is 24.9 Å². The normalized spacial score (nSPS) is 11.9. The number of aryl methyl sites for hydroxylation is 1. The third kappa shape index (κ3) is 8.36. The second kappa shape index (κ2) is 14.5. The first kappa shape index (κ1) is 33.2. The topological polar surface area (TPSA) is 107 Å². The molecular weight excluding hydrogens is 635 g/mol. The summed E-state index contributed by atoms with van der Waals surface area (Å²) >= 11 is 5.84. The van der Waals surface area contributed by atoms with E-state index in [-0.39, 0.29) is 22.8 Å². The van der Waals surface area contributed by atoms with Gasteiger partial charge in [-0.2, -0.15) is 23.1 Å². The van der Waals surface area contributed by atoms with Gasteiger partial charge in [0.25, 0.3) is 0 Å². The first-order valence-electron chi connectivity index (χ1n) is 14.3. The van der Waals surface area contributed by atoms with Crippen LogP contribution in [0.5, 0.6) is 17.4 Å².